The molecular weight excluding hydrogens is 212 g/mol. The number of carbonyl (C=O) groups is 1. The van der Waals surface area contributed by atoms with Crippen LogP contribution in [0.5, 0.6) is 0 Å². The number of nitrogens with two attached hydrogens (primary N) is 1. The highest BCUT2D eigenvalue weighted by atomic mass is 32.1. The van der Waals surface area contributed by atoms with Gasteiger partial charge in [-0.3, -0.25) is 4.79 Å². The third-order valence-corrected chi connectivity index (χ3v) is 2.82. The summed E-state index contributed by atoms with van der Waals surface area (Å²) in [5.74, 6) is -0.143. The molecule has 0 bridgehead atoms. The number of hydrogen-bond acceptors (Lipinski definition) is 4. The molecule has 3 N–H and O–H groups in total. The normalized spacial score (nSPS) is 12.4. The Labute approximate surface area is 93.4 Å². The second-order valence-electron chi connectivity index (χ2n) is 3.13. The molecular formula is C10H16N2O2S. The van der Waals surface area contributed by atoms with E-state index in [1.807, 2.05) is 11.4 Å². The van der Waals surface area contributed by atoms with Gasteiger partial charge in [-0.2, -0.15) is 11.3 Å². The summed E-state index contributed by atoms with van der Waals surface area (Å²) in [7, 11) is 1.48. The topological polar surface area (TPSA) is 64.3 Å². The molecule has 84 valence electrons. The van der Waals surface area contributed by atoms with Gasteiger partial charge in [-0.25, -0.2) is 0 Å². The lowest BCUT2D eigenvalue weighted by molar-refractivity contribution is -0.130. The van der Waals surface area contributed by atoms with E-state index in [1.54, 1.807) is 11.3 Å². The molecule has 0 aliphatic carbocycles. The van der Waals surface area contributed by atoms with E-state index < -0.39 is 6.10 Å². The minimum Gasteiger partial charge on any atom is -0.370 e. The molecule has 0 aliphatic heterocycles. The van der Waals surface area contributed by atoms with E-state index in [9.17, 15) is 4.79 Å². The van der Waals surface area contributed by atoms with E-state index in [0.29, 0.717) is 6.54 Å². The Morgan fingerprint density at radius 1 is 1.73 bits per heavy atom. The van der Waals surface area contributed by atoms with E-state index >= 15 is 0 Å². The molecule has 1 heterocycles. The number of thiophene rings is 1. The van der Waals surface area contributed by atoms with Gasteiger partial charge in [0.1, 0.15) is 6.10 Å². The van der Waals surface area contributed by atoms with Crippen LogP contribution in [0.25, 0.3) is 0 Å². The lowest BCUT2D eigenvalue weighted by Gasteiger charge is -2.12. The molecule has 1 aromatic heterocycles. The predicted octanol–water partition coefficient (Wildman–Crippen LogP) is 0.381. The molecule has 0 aromatic carbocycles. The van der Waals surface area contributed by atoms with Gasteiger partial charge in [-0.15, -0.1) is 0 Å². The van der Waals surface area contributed by atoms with Crippen LogP contribution >= 0.6 is 11.3 Å². The largest absolute Gasteiger partial charge is 0.370 e. The number of carbonyl (C=O) groups excluding carboxylic acids is 1. The molecule has 0 spiro atoms. The van der Waals surface area contributed by atoms with Crippen LogP contribution in [0, 0.1) is 0 Å². The molecule has 4 nitrogen and oxygen atoms in total. The summed E-state index contributed by atoms with van der Waals surface area (Å²) in [5, 5.41) is 6.88. The van der Waals surface area contributed by atoms with Crippen molar-refractivity contribution in [3.8, 4) is 0 Å². The van der Waals surface area contributed by atoms with Gasteiger partial charge >= 0.3 is 0 Å². The molecule has 0 saturated heterocycles. The van der Waals surface area contributed by atoms with Gasteiger partial charge in [0.15, 0.2) is 0 Å². The molecule has 0 saturated carbocycles. The van der Waals surface area contributed by atoms with Gasteiger partial charge in [-0.05, 0) is 28.8 Å². The Balaban J connectivity index is 2.22. The summed E-state index contributed by atoms with van der Waals surface area (Å²) in [6.07, 6.45) is 0.309. The van der Waals surface area contributed by atoms with E-state index in [4.69, 9.17) is 10.5 Å². The predicted molar refractivity (Wildman–Crippen MR) is 60.9 cm³/mol. The van der Waals surface area contributed by atoms with Crippen molar-refractivity contribution in [2.24, 2.45) is 5.73 Å². The SMILES string of the molecule is COC(CN)C(=O)NCCc1ccsc1. The summed E-state index contributed by atoms with van der Waals surface area (Å²) in [4.78, 5) is 11.4. The summed E-state index contributed by atoms with van der Waals surface area (Å²) in [6, 6.07) is 2.05. The van der Waals surface area contributed by atoms with Gasteiger partial charge in [0.05, 0.1) is 0 Å². The highest BCUT2D eigenvalue weighted by Gasteiger charge is 2.14. The highest BCUT2D eigenvalue weighted by molar-refractivity contribution is 7.07. The second-order valence-corrected chi connectivity index (χ2v) is 3.91. The Morgan fingerprint density at radius 2 is 2.53 bits per heavy atom. The molecule has 1 amide bonds. The Morgan fingerprint density at radius 3 is 3.07 bits per heavy atom. The Bertz CT molecular complexity index is 284. The summed E-state index contributed by atoms with van der Waals surface area (Å²) < 4.78 is 4.91. The number of methoxy groups -OCH3 is 1. The molecule has 0 fully saturated rings. The first-order valence-corrected chi connectivity index (χ1v) is 5.74. The summed E-state index contributed by atoms with van der Waals surface area (Å²) in [6.45, 7) is 0.830. The zero-order valence-corrected chi connectivity index (χ0v) is 9.55. The first-order chi connectivity index (χ1) is 7.27. The van der Waals surface area contributed by atoms with E-state index in [-0.39, 0.29) is 12.5 Å². The van der Waals surface area contributed by atoms with Crippen molar-refractivity contribution < 1.29 is 9.53 Å². The first-order valence-electron chi connectivity index (χ1n) is 4.79. The van der Waals surface area contributed by atoms with Crippen LogP contribution in [0.3, 0.4) is 0 Å². The molecule has 0 radical (unpaired) electrons. The highest BCUT2D eigenvalue weighted by Crippen LogP contribution is 2.05. The zero-order chi connectivity index (χ0) is 11.1. The molecule has 1 atom stereocenters. The maximum atomic E-state index is 11.4. The smallest absolute Gasteiger partial charge is 0.250 e. The maximum absolute atomic E-state index is 11.4. The van der Waals surface area contributed by atoms with Crippen LogP contribution in [-0.2, 0) is 16.0 Å². The third kappa shape index (κ3) is 3.99. The van der Waals surface area contributed by atoms with E-state index in [1.165, 1.54) is 12.7 Å². The lowest BCUT2D eigenvalue weighted by Crippen LogP contribution is -2.41. The van der Waals surface area contributed by atoms with Crippen molar-refractivity contribution in [1.82, 2.24) is 5.32 Å². The summed E-state index contributed by atoms with van der Waals surface area (Å²) >= 11 is 1.66. The fourth-order valence-electron chi connectivity index (χ4n) is 1.19. The van der Waals surface area contributed by atoms with Gasteiger partial charge in [0.2, 0.25) is 5.91 Å². The molecule has 1 aromatic rings. The number of nitrogens with one attached hydrogen (secondary N) is 1. The third-order valence-electron chi connectivity index (χ3n) is 2.08. The zero-order valence-electron chi connectivity index (χ0n) is 8.73. The van der Waals surface area contributed by atoms with Gasteiger partial charge in [-0.1, -0.05) is 0 Å². The van der Waals surface area contributed by atoms with Crippen LogP contribution < -0.4 is 11.1 Å². The van der Waals surface area contributed by atoms with Gasteiger partial charge in [0.25, 0.3) is 0 Å². The molecule has 5 heteroatoms. The quantitative estimate of drug-likeness (QED) is 0.740. The number of rotatable bonds is 6. The minimum atomic E-state index is -0.535. The second kappa shape index (κ2) is 6.55. The fourth-order valence-corrected chi connectivity index (χ4v) is 1.89. The van der Waals surface area contributed by atoms with Crippen molar-refractivity contribution in [2.45, 2.75) is 12.5 Å². The number of ether oxygens (including phenoxy) is 1. The molecule has 15 heavy (non-hydrogen) atoms. The van der Waals surface area contributed by atoms with Gasteiger partial charge < -0.3 is 15.8 Å². The Hall–Kier alpha value is -0.910. The van der Waals surface area contributed by atoms with Crippen molar-refractivity contribution in [3.63, 3.8) is 0 Å². The monoisotopic (exact) mass is 228 g/mol. The average molecular weight is 228 g/mol. The summed E-state index contributed by atoms with van der Waals surface area (Å²) in [5.41, 5.74) is 6.60. The van der Waals surface area contributed by atoms with Crippen LogP contribution in [-0.4, -0.2) is 32.2 Å². The van der Waals surface area contributed by atoms with Crippen LogP contribution in [0.2, 0.25) is 0 Å². The van der Waals surface area contributed by atoms with E-state index in [2.05, 4.69) is 10.7 Å². The van der Waals surface area contributed by atoms with Gasteiger partial charge in [0, 0.05) is 20.2 Å². The number of amides is 1. The average Bonchev–Trinajstić information content (AvgIpc) is 2.72. The van der Waals surface area contributed by atoms with E-state index in [0.717, 1.165) is 6.42 Å². The minimum absolute atomic E-state index is 0.143. The standard InChI is InChI=1S/C10H16N2O2S/c1-14-9(6-11)10(13)12-4-2-8-3-5-15-7-8/h3,5,7,9H,2,4,6,11H2,1H3,(H,12,13). The maximum Gasteiger partial charge on any atom is 0.250 e. The molecule has 1 rings (SSSR count). The first kappa shape index (κ1) is 12.2. The Kier molecular flexibility index (Phi) is 5.31. The van der Waals surface area contributed by atoms with Crippen LogP contribution in [0.15, 0.2) is 16.8 Å². The van der Waals surface area contributed by atoms with Crippen molar-refractivity contribution in [1.29, 1.82) is 0 Å². The van der Waals surface area contributed by atoms with Crippen molar-refractivity contribution >= 4 is 17.2 Å². The molecule has 1 unspecified atom stereocenters. The van der Waals surface area contributed by atoms with Crippen molar-refractivity contribution in [2.75, 3.05) is 20.2 Å². The van der Waals surface area contributed by atoms with Crippen LogP contribution in [0.4, 0.5) is 0 Å². The molecule has 0 aliphatic rings. The fraction of sp³-hybridized carbons (Fsp3) is 0.500. The van der Waals surface area contributed by atoms with Crippen LogP contribution in [0.1, 0.15) is 5.56 Å². The van der Waals surface area contributed by atoms with Crippen molar-refractivity contribution in [3.05, 3.63) is 22.4 Å². The number of hydrogen-bond donors (Lipinski definition) is 2. The lowest BCUT2D eigenvalue weighted by atomic mass is 10.2.